The number of hydrogen-bond acceptors (Lipinski definition) is 2. The Kier molecular flexibility index (Phi) is 3.20. The average Bonchev–Trinajstić information content (AvgIpc) is 2.46. The number of carbonyl (C=O) groups excluding carboxylic acids is 1. The highest BCUT2D eigenvalue weighted by molar-refractivity contribution is 6.35. The van der Waals surface area contributed by atoms with Crippen LogP contribution in [0.5, 0.6) is 0 Å². The molecule has 20 heavy (non-hydrogen) atoms. The Morgan fingerprint density at radius 3 is 2.70 bits per heavy atom. The maximum absolute atomic E-state index is 13.1. The van der Waals surface area contributed by atoms with E-state index >= 15 is 0 Å². The zero-order valence-corrected chi connectivity index (χ0v) is 11.1. The molecule has 98 valence electrons. The van der Waals surface area contributed by atoms with Gasteiger partial charge in [0.2, 0.25) is 0 Å². The molecule has 0 unspecified atom stereocenters. The second-order valence-electron chi connectivity index (χ2n) is 4.33. The fraction of sp³-hybridized carbons (Fsp3) is 0. The lowest BCUT2D eigenvalue weighted by molar-refractivity contribution is 0.104. The van der Waals surface area contributed by atoms with Gasteiger partial charge in [-0.25, -0.2) is 4.39 Å². The lowest BCUT2D eigenvalue weighted by Crippen LogP contribution is -2.03. The van der Waals surface area contributed by atoms with Crippen LogP contribution in [0.3, 0.4) is 0 Å². The molecule has 3 aromatic rings. The Labute approximate surface area is 119 Å². The number of hydrogen-bond donors (Lipinski definition) is 0. The molecule has 0 saturated carbocycles. The van der Waals surface area contributed by atoms with Crippen molar-refractivity contribution in [2.75, 3.05) is 0 Å². The third-order valence-electron chi connectivity index (χ3n) is 3.07. The fourth-order valence-corrected chi connectivity index (χ4v) is 2.37. The second-order valence-corrected chi connectivity index (χ2v) is 4.74. The van der Waals surface area contributed by atoms with Gasteiger partial charge in [0.25, 0.3) is 0 Å². The molecule has 3 rings (SSSR count). The molecule has 0 spiro atoms. The molecule has 4 heteroatoms. The number of rotatable bonds is 2. The standard InChI is InChI=1S/C16H9ClFNO/c17-14-9-10(18)6-7-13(14)16(20)12-3-1-5-15-11(12)4-2-8-19-15/h1-9H. The smallest absolute Gasteiger partial charge is 0.195 e. The van der Waals surface area contributed by atoms with Gasteiger partial charge in [0.1, 0.15) is 5.82 Å². The van der Waals surface area contributed by atoms with Gasteiger partial charge in [0, 0.05) is 22.7 Å². The first kappa shape index (κ1) is 12.8. The first-order chi connectivity index (χ1) is 9.66. The molecule has 1 aromatic heterocycles. The summed E-state index contributed by atoms with van der Waals surface area (Å²) in [6.07, 6.45) is 1.67. The number of ketones is 1. The van der Waals surface area contributed by atoms with Gasteiger partial charge in [-0.2, -0.15) is 0 Å². The van der Waals surface area contributed by atoms with Crippen molar-refractivity contribution in [2.45, 2.75) is 0 Å². The van der Waals surface area contributed by atoms with Crippen molar-refractivity contribution in [3.8, 4) is 0 Å². The Bertz CT molecular complexity index is 811. The van der Waals surface area contributed by atoms with Gasteiger partial charge in [-0.05, 0) is 30.3 Å². The molecule has 0 aliphatic rings. The molecule has 0 aliphatic heterocycles. The minimum Gasteiger partial charge on any atom is -0.289 e. The van der Waals surface area contributed by atoms with Crippen molar-refractivity contribution in [3.63, 3.8) is 0 Å². The monoisotopic (exact) mass is 285 g/mol. The minimum absolute atomic E-state index is 0.107. The largest absolute Gasteiger partial charge is 0.289 e. The first-order valence-corrected chi connectivity index (χ1v) is 6.38. The van der Waals surface area contributed by atoms with Crippen LogP contribution in [0, 0.1) is 5.82 Å². The van der Waals surface area contributed by atoms with E-state index in [1.165, 1.54) is 12.1 Å². The summed E-state index contributed by atoms with van der Waals surface area (Å²) >= 11 is 5.95. The number of benzene rings is 2. The molecular formula is C16H9ClFNO. The maximum atomic E-state index is 13.1. The lowest BCUT2D eigenvalue weighted by atomic mass is 9.99. The van der Waals surface area contributed by atoms with Gasteiger partial charge in [0.05, 0.1) is 10.5 Å². The summed E-state index contributed by atoms with van der Waals surface area (Å²) in [6.45, 7) is 0. The molecule has 0 fully saturated rings. The van der Waals surface area contributed by atoms with Crippen LogP contribution in [-0.2, 0) is 0 Å². The highest BCUT2D eigenvalue weighted by atomic mass is 35.5. The zero-order valence-electron chi connectivity index (χ0n) is 10.3. The van der Waals surface area contributed by atoms with Crippen molar-refractivity contribution >= 4 is 28.3 Å². The van der Waals surface area contributed by atoms with Crippen molar-refractivity contribution in [3.05, 3.63) is 76.7 Å². The minimum atomic E-state index is -0.467. The molecule has 1 heterocycles. The fourth-order valence-electron chi connectivity index (χ4n) is 2.12. The summed E-state index contributed by atoms with van der Waals surface area (Å²) in [4.78, 5) is 16.8. The van der Waals surface area contributed by atoms with Crippen LogP contribution < -0.4 is 0 Å². The number of aromatic nitrogens is 1. The Morgan fingerprint density at radius 1 is 1.05 bits per heavy atom. The number of fused-ring (bicyclic) bond motifs is 1. The highest BCUT2D eigenvalue weighted by Gasteiger charge is 2.16. The van der Waals surface area contributed by atoms with Gasteiger partial charge in [0.15, 0.2) is 5.78 Å². The van der Waals surface area contributed by atoms with Crippen molar-refractivity contribution in [2.24, 2.45) is 0 Å². The Hall–Kier alpha value is -2.26. The summed E-state index contributed by atoms with van der Waals surface area (Å²) in [5, 5.41) is 0.858. The molecular weight excluding hydrogens is 277 g/mol. The topological polar surface area (TPSA) is 30.0 Å². The van der Waals surface area contributed by atoms with Crippen molar-refractivity contribution < 1.29 is 9.18 Å². The van der Waals surface area contributed by atoms with Crippen molar-refractivity contribution in [1.29, 1.82) is 0 Å². The van der Waals surface area contributed by atoms with Crippen molar-refractivity contribution in [1.82, 2.24) is 4.98 Å². The van der Waals surface area contributed by atoms with E-state index in [1.807, 2.05) is 12.1 Å². The number of pyridine rings is 1. The molecule has 0 amide bonds. The normalized spacial score (nSPS) is 10.7. The van der Waals surface area contributed by atoms with Crippen LogP contribution in [0.1, 0.15) is 15.9 Å². The van der Waals surface area contributed by atoms with E-state index < -0.39 is 5.82 Å². The first-order valence-electron chi connectivity index (χ1n) is 6.00. The quantitative estimate of drug-likeness (QED) is 0.659. The molecule has 0 saturated heterocycles. The summed E-state index contributed by atoms with van der Waals surface area (Å²) in [5.74, 6) is -0.709. The van der Waals surface area contributed by atoms with Crippen LogP contribution in [0.15, 0.2) is 54.7 Å². The Morgan fingerprint density at radius 2 is 1.90 bits per heavy atom. The van der Waals surface area contributed by atoms with E-state index in [-0.39, 0.29) is 16.4 Å². The van der Waals surface area contributed by atoms with E-state index in [0.29, 0.717) is 5.56 Å². The molecule has 0 atom stereocenters. The maximum Gasteiger partial charge on any atom is 0.195 e. The highest BCUT2D eigenvalue weighted by Crippen LogP contribution is 2.24. The molecule has 2 nitrogen and oxygen atoms in total. The Balaban J connectivity index is 2.18. The van der Waals surface area contributed by atoms with Gasteiger partial charge in [-0.15, -0.1) is 0 Å². The van der Waals surface area contributed by atoms with Crippen LogP contribution in [0.25, 0.3) is 10.9 Å². The third-order valence-corrected chi connectivity index (χ3v) is 3.38. The zero-order chi connectivity index (χ0) is 14.1. The molecule has 2 aromatic carbocycles. The van der Waals surface area contributed by atoms with E-state index in [2.05, 4.69) is 4.98 Å². The van der Waals surface area contributed by atoms with Crippen LogP contribution >= 0.6 is 11.6 Å². The predicted octanol–water partition coefficient (Wildman–Crippen LogP) is 4.26. The summed E-state index contributed by atoms with van der Waals surface area (Å²) < 4.78 is 13.1. The number of halogens is 2. The average molecular weight is 286 g/mol. The third kappa shape index (κ3) is 2.17. The van der Waals surface area contributed by atoms with Gasteiger partial charge < -0.3 is 0 Å². The van der Waals surface area contributed by atoms with E-state index in [4.69, 9.17) is 11.6 Å². The number of carbonyl (C=O) groups is 1. The molecule has 0 bridgehead atoms. The van der Waals surface area contributed by atoms with E-state index in [9.17, 15) is 9.18 Å². The summed E-state index contributed by atoms with van der Waals surface area (Å²) in [6, 6.07) is 12.7. The van der Waals surface area contributed by atoms with Gasteiger partial charge in [-0.1, -0.05) is 29.8 Å². The summed E-state index contributed by atoms with van der Waals surface area (Å²) in [5.41, 5.74) is 1.52. The van der Waals surface area contributed by atoms with Gasteiger partial charge in [-0.3, -0.25) is 9.78 Å². The SMILES string of the molecule is O=C(c1ccc(F)cc1Cl)c1cccc2ncccc12. The van der Waals surface area contributed by atoms with E-state index in [1.54, 1.807) is 24.4 Å². The molecule has 0 aliphatic carbocycles. The lowest BCUT2D eigenvalue weighted by Gasteiger charge is -2.07. The molecule has 0 N–H and O–H groups in total. The van der Waals surface area contributed by atoms with Gasteiger partial charge >= 0.3 is 0 Å². The second kappa shape index (κ2) is 5.02. The predicted molar refractivity (Wildman–Crippen MR) is 76.6 cm³/mol. The molecule has 0 radical (unpaired) electrons. The van der Waals surface area contributed by atoms with Crippen LogP contribution in [-0.4, -0.2) is 10.8 Å². The van der Waals surface area contributed by atoms with E-state index in [0.717, 1.165) is 17.0 Å². The summed E-state index contributed by atoms with van der Waals surface area (Å²) in [7, 11) is 0. The van der Waals surface area contributed by atoms with Crippen LogP contribution in [0.2, 0.25) is 5.02 Å². The van der Waals surface area contributed by atoms with Crippen LogP contribution in [0.4, 0.5) is 4.39 Å². The number of nitrogens with zero attached hydrogens (tertiary/aromatic N) is 1.